The van der Waals surface area contributed by atoms with Crippen molar-refractivity contribution in [1.29, 1.82) is 0 Å². The molecule has 3 rings (SSSR count). The van der Waals surface area contributed by atoms with Crippen LogP contribution in [0.2, 0.25) is 0 Å². The number of hydrogen-bond acceptors (Lipinski definition) is 0. The maximum Gasteiger partial charge on any atom is 0.238 e. The highest BCUT2D eigenvalue weighted by Crippen LogP contribution is 2.25. The molecular weight excluding hydrogens is 256 g/mol. The molecule has 3 aromatic rings. The number of benzene rings is 2. The van der Waals surface area contributed by atoms with Gasteiger partial charge < -0.3 is 0 Å². The van der Waals surface area contributed by atoms with Crippen LogP contribution in [0.3, 0.4) is 0 Å². The maximum atomic E-state index is 2.27. The van der Waals surface area contributed by atoms with Crippen LogP contribution in [0.5, 0.6) is 0 Å². The van der Waals surface area contributed by atoms with E-state index in [4.69, 9.17) is 0 Å². The lowest BCUT2D eigenvalue weighted by Crippen LogP contribution is -2.39. The Hall–Kier alpha value is -2.35. The number of aryl methyl sites for hydroxylation is 2. The third-order valence-corrected chi connectivity index (χ3v) is 4.01. The summed E-state index contributed by atoms with van der Waals surface area (Å²) in [4.78, 5) is 0. The van der Waals surface area contributed by atoms with Crippen LogP contribution in [0.15, 0.2) is 54.6 Å². The lowest BCUT2D eigenvalue weighted by Gasteiger charge is -2.01. The zero-order valence-electron chi connectivity index (χ0n) is 13.1. The van der Waals surface area contributed by atoms with E-state index in [0.29, 0.717) is 0 Å². The SMILES string of the molecule is Cc1cc(C)cc(-c2cc(-c3ccccc3)n(C)[n+]2C)c1. The number of aromatic nitrogens is 2. The molecule has 2 heteroatoms. The largest absolute Gasteiger partial charge is 0.238 e. The number of nitrogens with zero attached hydrogens (tertiary/aromatic N) is 2. The van der Waals surface area contributed by atoms with Crippen molar-refractivity contribution in [3.8, 4) is 22.5 Å². The highest BCUT2D eigenvalue weighted by molar-refractivity contribution is 5.67. The lowest BCUT2D eigenvalue weighted by atomic mass is 10.0. The number of rotatable bonds is 2. The molecule has 106 valence electrons. The molecule has 0 saturated heterocycles. The highest BCUT2D eigenvalue weighted by atomic mass is 15.4. The molecular formula is C19H21N2+. The van der Waals surface area contributed by atoms with E-state index in [0.717, 1.165) is 0 Å². The molecule has 2 nitrogen and oxygen atoms in total. The van der Waals surface area contributed by atoms with Crippen LogP contribution in [0.4, 0.5) is 0 Å². The zero-order valence-corrected chi connectivity index (χ0v) is 13.1. The summed E-state index contributed by atoms with van der Waals surface area (Å²) >= 11 is 0. The van der Waals surface area contributed by atoms with Crippen molar-refractivity contribution < 1.29 is 4.68 Å². The van der Waals surface area contributed by atoms with Gasteiger partial charge >= 0.3 is 0 Å². The van der Waals surface area contributed by atoms with E-state index in [1.165, 1.54) is 33.6 Å². The van der Waals surface area contributed by atoms with E-state index < -0.39 is 0 Å². The van der Waals surface area contributed by atoms with Crippen LogP contribution in [0.25, 0.3) is 22.5 Å². The van der Waals surface area contributed by atoms with Crippen LogP contribution >= 0.6 is 0 Å². The summed E-state index contributed by atoms with van der Waals surface area (Å²) in [6.07, 6.45) is 0. The van der Waals surface area contributed by atoms with Crippen molar-refractivity contribution in [3.05, 3.63) is 65.7 Å². The van der Waals surface area contributed by atoms with Gasteiger partial charge in [0, 0.05) is 17.2 Å². The third-order valence-electron chi connectivity index (χ3n) is 4.01. The van der Waals surface area contributed by atoms with Crippen molar-refractivity contribution in [2.24, 2.45) is 14.1 Å². The molecule has 0 radical (unpaired) electrons. The Balaban J connectivity index is 2.17. The van der Waals surface area contributed by atoms with Gasteiger partial charge in [-0.25, -0.2) is 0 Å². The summed E-state index contributed by atoms with van der Waals surface area (Å²) in [5.41, 5.74) is 7.58. The Bertz CT molecular complexity index is 763. The van der Waals surface area contributed by atoms with Crippen molar-refractivity contribution >= 4 is 0 Å². The summed E-state index contributed by atoms with van der Waals surface area (Å²) in [5, 5.41) is 0. The predicted molar refractivity (Wildman–Crippen MR) is 86.9 cm³/mol. The molecule has 0 spiro atoms. The molecule has 2 aromatic carbocycles. The third kappa shape index (κ3) is 2.49. The fraction of sp³-hybridized carbons (Fsp3) is 0.211. The molecule has 0 fully saturated rings. The van der Waals surface area contributed by atoms with Gasteiger partial charge in [-0.15, -0.1) is 4.68 Å². The Morgan fingerprint density at radius 3 is 2.05 bits per heavy atom. The normalized spacial score (nSPS) is 10.9. The molecule has 0 aliphatic heterocycles. The molecule has 0 atom stereocenters. The van der Waals surface area contributed by atoms with Crippen LogP contribution in [-0.2, 0) is 14.1 Å². The molecule has 0 unspecified atom stereocenters. The molecule has 0 N–H and O–H groups in total. The maximum absolute atomic E-state index is 2.27. The Kier molecular flexibility index (Phi) is 3.38. The van der Waals surface area contributed by atoms with E-state index in [2.05, 4.69) is 91.9 Å². The topological polar surface area (TPSA) is 8.81 Å². The van der Waals surface area contributed by atoms with Gasteiger partial charge in [-0.05, 0) is 26.0 Å². The first-order valence-corrected chi connectivity index (χ1v) is 7.26. The van der Waals surface area contributed by atoms with Crippen LogP contribution in [-0.4, -0.2) is 4.68 Å². The Morgan fingerprint density at radius 1 is 0.810 bits per heavy atom. The van der Waals surface area contributed by atoms with Crippen LogP contribution in [0.1, 0.15) is 11.1 Å². The molecule has 0 saturated carbocycles. The van der Waals surface area contributed by atoms with Crippen LogP contribution in [0, 0.1) is 13.8 Å². The minimum atomic E-state index is 1.23. The summed E-state index contributed by atoms with van der Waals surface area (Å²) in [6.45, 7) is 4.30. The lowest BCUT2D eigenvalue weighted by molar-refractivity contribution is -0.740. The van der Waals surface area contributed by atoms with Gasteiger partial charge in [0.15, 0.2) is 7.05 Å². The molecule has 0 aliphatic carbocycles. The van der Waals surface area contributed by atoms with Gasteiger partial charge in [-0.1, -0.05) is 47.5 Å². The van der Waals surface area contributed by atoms with Crippen molar-refractivity contribution in [2.75, 3.05) is 0 Å². The second-order valence-corrected chi connectivity index (χ2v) is 5.70. The highest BCUT2D eigenvalue weighted by Gasteiger charge is 2.19. The van der Waals surface area contributed by atoms with Gasteiger partial charge in [0.25, 0.3) is 0 Å². The fourth-order valence-electron chi connectivity index (χ4n) is 2.91. The Morgan fingerprint density at radius 2 is 1.43 bits per heavy atom. The zero-order chi connectivity index (χ0) is 15.0. The van der Waals surface area contributed by atoms with E-state index in [9.17, 15) is 0 Å². The van der Waals surface area contributed by atoms with Gasteiger partial charge in [0.1, 0.15) is 5.69 Å². The average Bonchev–Trinajstić information content (AvgIpc) is 2.75. The van der Waals surface area contributed by atoms with E-state index in [-0.39, 0.29) is 0 Å². The second-order valence-electron chi connectivity index (χ2n) is 5.70. The Labute approximate surface area is 126 Å². The smallest absolute Gasteiger partial charge is 0.156 e. The van der Waals surface area contributed by atoms with Crippen molar-refractivity contribution in [1.82, 2.24) is 4.68 Å². The minimum absolute atomic E-state index is 1.23. The van der Waals surface area contributed by atoms with Gasteiger partial charge in [0.2, 0.25) is 5.69 Å². The first-order chi connectivity index (χ1) is 10.1. The van der Waals surface area contributed by atoms with E-state index in [1.54, 1.807) is 0 Å². The van der Waals surface area contributed by atoms with Crippen LogP contribution < -0.4 is 4.68 Å². The van der Waals surface area contributed by atoms with Gasteiger partial charge in [-0.3, -0.25) is 0 Å². The fourth-order valence-corrected chi connectivity index (χ4v) is 2.91. The quantitative estimate of drug-likeness (QED) is 0.630. The standard InChI is InChI=1S/C19H21N2/c1-14-10-15(2)12-17(11-14)19-13-18(20(3)21(19)4)16-8-6-5-7-9-16/h5-13H,1-4H3/q+1. The van der Waals surface area contributed by atoms with Crippen molar-refractivity contribution in [3.63, 3.8) is 0 Å². The average molecular weight is 277 g/mol. The monoisotopic (exact) mass is 277 g/mol. The van der Waals surface area contributed by atoms with Gasteiger partial charge in [0.05, 0.1) is 7.05 Å². The van der Waals surface area contributed by atoms with Gasteiger partial charge in [-0.2, -0.15) is 4.68 Å². The van der Waals surface area contributed by atoms with Crippen molar-refractivity contribution in [2.45, 2.75) is 13.8 Å². The predicted octanol–water partition coefficient (Wildman–Crippen LogP) is 3.80. The molecule has 0 aliphatic rings. The first-order valence-electron chi connectivity index (χ1n) is 7.26. The molecule has 0 bridgehead atoms. The number of hydrogen-bond donors (Lipinski definition) is 0. The first kappa shape index (κ1) is 13.6. The van der Waals surface area contributed by atoms with E-state index >= 15 is 0 Å². The molecule has 0 amide bonds. The van der Waals surface area contributed by atoms with E-state index in [1.807, 2.05) is 0 Å². The summed E-state index contributed by atoms with van der Waals surface area (Å²) < 4.78 is 4.40. The second kappa shape index (κ2) is 5.21. The summed E-state index contributed by atoms with van der Waals surface area (Å²) in [7, 11) is 4.22. The summed E-state index contributed by atoms with van der Waals surface area (Å²) in [6, 6.07) is 19.5. The minimum Gasteiger partial charge on any atom is -0.156 e. The molecule has 1 heterocycles. The molecule has 21 heavy (non-hydrogen) atoms. The molecule has 1 aromatic heterocycles. The summed E-state index contributed by atoms with van der Waals surface area (Å²) in [5.74, 6) is 0.